The van der Waals surface area contributed by atoms with Gasteiger partial charge < -0.3 is 48.6 Å². The maximum absolute atomic E-state index is 13.6. The fraction of sp³-hybridized carbons (Fsp3) is 0.973. The monoisotopic (exact) mass is 703 g/mol. The van der Waals surface area contributed by atoms with Crippen molar-refractivity contribution in [1.29, 1.82) is 0 Å². The molecule has 0 spiro atoms. The number of aliphatic hydroxyl groups excluding tert-OH is 2. The number of hydrogen-bond acceptors (Lipinski definition) is 12. The largest absolute Gasteiger partial charge is 0.459 e. The first-order valence-electron chi connectivity index (χ1n) is 18.5. The number of carbonyl (C=O) groups is 1. The number of ether oxygens (including phenoxy) is 6. The van der Waals surface area contributed by atoms with E-state index in [1.54, 1.807) is 14.0 Å². The van der Waals surface area contributed by atoms with Crippen molar-refractivity contribution >= 4 is 5.97 Å². The Hall–Kier alpha value is -0.930. The zero-order valence-electron chi connectivity index (χ0n) is 32.6. The lowest BCUT2D eigenvalue weighted by molar-refractivity contribution is -0.296. The summed E-state index contributed by atoms with van der Waals surface area (Å²) in [4.78, 5) is 15.8. The minimum Gasteiger partial charge on any atom is -0.459 e. The molecule has 4 saturated heterocycles. The van der Waals surface area contributed by atoms with Crippen molar-refractivity contribution in [3.05, 3.63) is 0 Å². The maximum atomic E-state index is 13.6. The Balaban J connectivity index is 0.000000501. The van der Waals surface area contributed by atoms with Gasteiger partial charge in [0.05, 0.1) is 35.4 Å². The highest BCUT2D eigenvalue weighted by molar-refractivity contribution is 5.73. The number of hydrogen-bond donors (Lipinski definition) is 4. The summed E-state index contributed by atoms with van der Waals surface area (Å²) in [6.45, 7) is 19.5. The molecule has 0 aliphatic carbocycles. The Morgan fingerprint density at radius 1 is 0.939 bits per heavy atom. The van der Waals surface area contributed by atoms with Crippen LogP contribution in [-0.4, -0.2) is 126 Å². The van der Waals surface area contributed by atoms with Crippen LogP contribution >= 0.6 is 0 Å². The highest BCUT2D eigenvalue weighted by Gasteiger charge is 2.50. The van der Waals surface area contributed by atoms with Crippen molar-refractivity contribution in [3.63, 3.8) is 0 Å². The van der Waals surface area contributed by atoms with Crippen molar-refractivity contribution in [2.45, 2.75) is 192 Å². The van der Waals surface area contributed by atoms with Gasteiger partial charge in [-0.05, 0) is 107 Å². The Labute approximate surface area is 295 Å². The Morgan fingerprint density at radius 2 is 1.59 bits per heavy atom. The average molecular weight is 703 g/mol. The third-order valence-corrected chi connectivity index (χ3v) is 11.3. The molecule has 0 aromatic heterocycles. The number of esters is 1. The fourth-order valence-electron chi connectivity index (χ4n) is 8.55. The quantitative estimate of drug-likeness (QED) is 0.308. The van der Waals surface area contributed by atoms with Crippen molar-refractivity contribution < 1.29 is 48.5 Å². The van der Waals surface area contributed by atoms with Crippen molar-refractivity contribution in [1.82, 2.24) is 10.2 Å². The van der Waals surface area contributed by atoms with E-state index in [1.165, 1.54) is 0 Å². The molecule has 16 atom stereocenters. The molecule has 4 heterocycles. The highest BCUT2D eigenvalue weighted by Crippen LogP contribution is 2.41. The first-order valence-corrected chi connectivity index (χ1v) is 18.5. The maximum Gasteiger partial charge on any atom is 0.311 e. The van der Waals surface area contributed by atoms with E-state index < -0.39 is 59.7 Å². The molecule has 0 aromatic rings. The smallest absolute Gasteiger partial charge is 0.311 e. The summed E-state index contributed by atoms with van der Waals surface area (Å²) in [5.74, 6) is -0.935. The molecule has 4 fully saturated rings. The predicted molar refractivity (Wildman–Crippen MR) is 187 cm³/mol. The number of rotatable bonds is 5. The molecular formula is C37H70N2O10. The highest BCUT2D eigenvalue weighted by atomic mass is 16.7. The van der Waals surface area contributed by atoms with E-state index in [0.29, 0.717) is 31.7 Å². The summed E-state index contributed by atoms with van der Waals surface area (Å²) in [6, 6.07) is 0.481. The van der Waals surface area contributed by atoms with E-state index in [9.17, 15) is 20.1 Å². The zero-order valence-corrected chi connectivity index (χ0v) is 32.6. The summed E-state index contributed by atoms with van der Waals surface area (Å²) in [6.07, 6.45) is 0.837. The van der Waals surface area contributed by atoms with Gasteiger partial charge in [-0.3, -0.25) is 10.1 Å². The molecule has 4 aliphatic heterocycles. The number of cyclic esters (lactones) is 1. The van der Waals surface area contributed by atoms with E-state index in [1.807, 2.05) is 62.6 Å². The molecule has 11 unspecified atom stereocenters. The van der Waals surface area contributed by atoms with Gasteiger partial charge in [0.2, 0.25) is 0 Å². The number of carbonyl (C=O) groups excluding carboxylic acids is 1. The Morgan fingerprint density at radius 3 is 2.16 bits per heavy atom. The molecule has 288 valence electrons. The fourth-order valence-corrected chi connectivity index (χ4v) is 8.55. The third kappa shape index (κ3) is 11.0. The van der Waals surface area contributed by atoms with Crippen molar-refractivity contribution in [2.24, 2.45) is 17.8 Å². The van der Waals surface area contributed by atoms with Crippen LogP contribution in [0.4, 0.5) is 0 Å². The van der Waals surface area contributed by atoms with E-state index in [2.05, 4.69) is 24.1 Å². The van der Waals surface area contributed by atoms with Gasteiger partial charge in [-0.1, -0.05) is 20.8 Å². The van der Waals surface area contributed by atoms with E-state index in [4.69, 9.17) is 28.4 Å². The molecule has 12 heteroatoms. The summed E-state index contributed by atoms with van der Waals surface area (Å²) in [7, 11) is 5.64. The molecular weight excluding hydrogens is 632 g/mol. The predicted octanol–water partition coefficient (Wildman–Crippen LogP) is 3.96. The van der Waals surface area contributed by atoms with Crippen LogP contribution in [0.25, 0.3) is 0 Å². The number of methoxy groups -OCH3 is 1. The number of fused-ring (bicyclic) bond motifs is 2. The van der Waals surface area contributed by atoms with Gasteiger partial charge in [-0.25, -0.2) is 0 Å². The van der Waals surface area contributed by atoms with Crippen LogP contribution in [0.15, 0.2) is 0 Å². The first kappa shape index (κ1) is 42.5. The lowest BCUT2D eigenvalue weighted by Crippen LogP contribution is -2.57. The van der Waals surface area contributed by atoms with Crippen molar-refractivity contribution in [3.8, 4) is 0 Å². The van der Waals surface area contributed by atoms with E-state index >= 15 is 0 Å². The van der Waals surface area contributed by atoms with Crippen LogP contribution in [0.5, 0.6) is 0 Å². The van der Waals surface area contributed by atoms with E-state index in [0.717, 1.165) is 19.3 Å². The summed E-state index contributed by atoms with van der Waals surface area (Å²) in [5, 5.41) is 34.9. The van der Waals surface area contributed by atoms with E-state index in [-0.39, 0.29) is 36.2 Å². The molecule has 49 heavy (non-hydrogen) atoms. The normalized spacial score (nSPS) is 48.7. The standard InChI is InChI=1S/C29H53NO8.C8H17NO2/c1-11-21-28(8)13-17(3)25(38-28)30-18(4)14-27(7,33)12-16(2)23(19(5)26(32)36-21)37-22-15-29(9,34-10)24(31)20(6)35-22;1-6-4-7(9(2)3)5-8(10)11-6/h16-25,30-31,33H,11-15H2,1-10H3;6-8,10H,4-5H2,1-3H3/t16?,17?,18-,19?,20+,21?,22?,23?,24?,25?,27-,28-,29-;/m1./s1. The molecule has 4 N–H and O–H groups in total. The van der Waals surface area contributed by atoms with Crippen LogP contribution < -0.4 is 5.32 Å². The molecule has 2 bridgehead atoms. The van der Waals surface area contributed by atoms with Gasteiger partial charge in [0, 0.05) is 32.0 Å². The second-order valence-corrected chi connectivity index (χ2v) is 16.6. The number of nitrogens with one attached hydrogen (secondary N) is 1. The number of nitrogens with zero attached hydrogens (tertiary/aromatic N) is 1. The van der Waals surface area contributed by atoms with Gasteiger partial charge >= 0.3 is 5.97 Å². The van der Waals surface area contributed by atoms with Crippen LogP contribution in [0, 0.1) is 17.8 Å². The van der Waals surface area contributed by atoms with Gasteiger partial charge in [-0.15, -0.1) is 0 Å². The summed E-state index contributed by atoms with van der Waals surface area (Å²) in [5.41, 5.74) is -2.47. The minimum absolute atomic E-state index is 0.0146. The average Bonchev–Trinajstić information content (AvgIpc) is 3.28. The van der Waals surface area contributed by atoms with Gasteiger partial charge in [-0.2, -0.15) is 0 Å². The van der Waals surface area contributed by atoms with Crippen LogP contribution in [0.1, 0.15) is 114 Å². The van der Waals surface area contributed by atoms with Gasteiger partial charge in [0.25, 0.3) is 0 Å². The second kappa shape index (κ2) is 17.3. The van der Waals surface area contributed by atoms with Gasteiger partial charge in [0.1, 0.15) is 24.0 Å². The number of aliphatic hydroxyl groups is 3. The second-order valence-electron chi connectivity index (χ2n) is 16.6. The Bertz CT molecular complexity index is 1040. The van der Waals surface area contributed by atoms with Crippen LogP contribution in [-0.2, 0) is 33.2 Å². The summed E-state index contributed by atoms with van der Waals surface area (Å²) >= 11 is 0. The molecule has 12 nitrogen and oxygen atoms in total. The van der Waals surface area contributed by atoms with Crippen molar-refractivity contribution in [2.75, 3.05) is 21.2 Å². The molecule has 0 radical (unpaired) electrons. The SMILES string of the molecule is CC1CC(N(C)C)CC(O)O1.CCC1OC(=O)C(C)C(OC2C[C@@](C)(OC)C(O)[C@H](C)O2)C(C)C[C@@](C)(O)C[C@@H](C)NC2O[C@]1(C)CC2C. The lowest BCUT2D eigenvalue weighted by atomic mass is 9.81. The topological polar surface area (TPSA) is 148 Å². The molecule has 0 saturated carbocycles. The molecule has 0 amide bonds. The molecule has 4 aliphatic rings. The molecule has 4 rings (SSSR count). The first-order chi connectivity index (χ1) is 22.6. The zero-order chi connectivity index (χ0) is 37.1. The van der Waals surface area contributed by atoms with Crippen LogP contribution in [0.2, 0.25) is 0 Å². The summed E-state index contributed by atoms with van der Waals surface area (Å²) < 4.78 is 36.0. The van der Waals surface area contributed by atoms with Crippen LogP contribution in [0.3, 0.4) is 0 Å². The minimum atomic E-state index is -1.00. The van der Waals surface area contributed by atoms with Gasteiger partial charge in [0.15, 0.2) is 12.6 Å². The lowest BCUT2D eigenvalue weighted by Gasteiger charge is -2.46. The molecule has 0 aromatic carbocycles. The Kier molecular flexibility index (Phi) is 15.0. The third-order valence-electron chi connectivity index (χ3n) is 11.3.